The minimum absolute atomic E-state index is 0.00339. The lowest BCUT2D eigenvalue weighted by Gasteiger charge is -2.11. The third-order valence-corrected chi connectivity index (χ3v) is 6.07. The summed E-state index contributed by atoms with van der Waals surface area (Å²) >= 11 is 5.87. The Morgan fingerprint density at radius 2 is 2.15 bits per heavy atom. The topological polar surface area (TPSA) is 87.0 Å². The van der Waals surface area contributed by atoms with Crippen molar-refractivity contribution >= 4 is 32.4 Å². The summed E-state index contributed by atoms with van der Waals surface area (Å²) in [7, 11) is -4.72. The number of sulfonamides is 1. The van der Waals surface area contributed by atoms with Crippen molar-refractivity contribution in [3.63, 3.8) is 0 Å². The monoisotopic (exact) mass is 334 g/mol. The van der Waals surface area contributed by atoms with E-state index in [1.807, 2.05) is 6.07 Å². The summed E-state index contributed by atoms with van der Waals surface area (Å²) in [6, 6.07) is 5.88. The summed E-state index contributed by atoms with van der Waals surface area (Å²) in [5.41, 5.74) is 0.295. The smallest absolute Gasteiger partial charge is 0.242 e. The van der Waals surface area contributed by atoms with Gasteiger partial charge in [0, 0.05) is 28.9 Å². The molecule has 0 heterocycles. The fourth-order valence-electron chi connectivity index (χ4n) is 1.43. The summed E-state index contributed by atoms with van der Waals surface area (Å²) < 4.78 is 37.7. The second kappa shape index (κ2) is 7.18. The number of nitriles is 1. The van der Waals surface area contributed by atoms with Crippen LogP contribution in [0.5, 0.6) is 0 Å². The van der Waals surface area contributed by atoms with Gasteiger partial charge < -0.3 is 0 Å². The number of rotatable bonds is 6. The summed E-state index contributed by atoms with van der Waals surface area (Å²) in [4.78, 5) is -0.0663. The Hall–Kier alpha value is -0.940. The molecule has 0 saturated carbocycles. The maximum Gasteiger partial charge on any atom is 0.242 e. The molecule has 0 aliphatic carbocycles. The number of hydrogen-bond donors (Lipinski definition) is 1. The van der Waals surface area contributed by atoms with E-state index in [4.69, 9.17) is 16.9 Å². The first-order chi connectivity index (χ1) is 9.27. The molecule has 0 amide bonds. The van der Waals surface area contributed by atoms with Gasteiger partial charge in [-0.2, -0.15) is 5.26 Å². The van der Waals surface area contributed by atoms with Crippen molar-refractivity contribution in [3.05, 3.63) is 28.8 Å². The molecule has 0 aliphatic heterocycles. The van der Waals surface area contributed by atoms with Crippen LogP contribution in [-0.2, 0) is 20.8 Å². The zero-order chi connectivity index (χ0) is 15.3. The fraction of sp³-hybridized carbons (Fsp3) is 0.417. The molecule has 0 aromatic heterocycles. The Morgan fingerprint density at radius 1 is 1.50 bits per heavy atom. The highest BCUT2D eigenvalue weighted by Crippen LogP contribution is 2.22. The third-order valence-electron chi connectivity index (χ3n) is 2.76. The molecular weight excluding hydrogens is 320 g/mol. The first kappa shape index (κ1) is 17.1. The summed E-state index contributed by atoms with van der Waals surface area (Å²) in [5, 5.41) is 8.62. The normalized spacial score (nSPS) is 14.5. The second-order valence-electron chi connectivity index (χ2n) is 4.25. The molecular formula is C12H15ClN2O3S2. The molecule has 1 N–H and O–H groups in total. The molecule has 0 fully saturated rings. The van der Waals surface area contributed by atoms with Gasteiger partial charge in [0.25, 0.3) is 0 Å². The van der Waals surface area contributed by atoms with Gasteiger partial charge in [-0.15, -0.1) is 0 Å². The van der Waals surface area contributed by atoms with Gasteiger partial charge in [0.15, 0.2) is 0 Å². The summed E-state index contributed by atoms with van der Waals surface area (Å²) in [6.07, 6.45) is 2.05. The third kappa shape index (κ3) is 4.56. The standard InChI is InChI=1S/C12H15ClN2O3S2/c1-9(19(2)16)5-6-15-20(17,18)12-4-3-10(8-14)7-11(12)13/h3-4,7,9,15H,5-6H2,1-2H3/t9-,19+/m1/s1. The first-order valence-electron chi connectivity index (χ1n) is 5.79. The van der Waals surface area contributed by atoms with E-state index in [1.54, 1.807) is 13.2 Å². The van der Waals surface area contributed by atoms with Gasteiger partial charge in [-0.25, -0.2) is 13.1 Å². The van der Waals surface area contributed by atoms with Crippen LogP contribution in [0.1, 0.15) is 18.9 Å². The van der Waals surface area contributed by atoms with E-state index in [2.05, 4.69) is 4.72 Å². The van der Waals surface area contributed by atoms with Crippen LogP contribution in [-0.4, -0.2) is 30.7 Å². The van der Waals surface area contributed by atoms with Crippen LogP contribution in [0.15, 0.2) is 23.1 Å². The molecule has 20 heavy (non-hydrogen) atoms. The molecule has 8 heteroatoms. The molecule has 0 aliphatic rings. The van der Waals surface area contributed by atoms with Crippen LogP contribution >= 0.6 is 11.6 Å². The number of hydrogen-bond acceptors (Lipinski definition) is 4. The SMILES string of the molecule is C[C@H](CCNS(=O)(=O)c1ccc(C#N)cc1Cl)[S@](C)=O. The number of nitrogens with one attached hydrogen (secondary N) is 1. The quantitative estimate of drug-likeness (QED) is 0.856. The average molecular weight is 335 g/mol. The van der Waals surface area contributed by atoms with Crippen molar-refractivity contribution in [1.82, 2.24) is 4.72 Å². The maximum atomic E-state index is 12.0. The van der Waals surface area contributed by atoms with Crippen LogP contribution in [0.2, 0.25) is 5.02 Å². The van der Waals surface area contributed by atoms with Crippen LogP contribution in [0, 0.1) is 11.3 Å². The van der Waals surface area contributed by atoms with Crippen molar-refractivity contribution < 1.29 is 12.6 Å². The predicted molar refractivity (Wildman–Crippen MR) is 79.5 cm³/mol. The Balaban J connectivity index is 2.80. The minimum Gasteiger partial charge on any atom is -0.260 e. The van der Waals surface area contributed by atoms with E-state index >= 15 is 0 Å². The van der Waals surface area contributed by atoms with Gasteiger partial charge in [0.1, 0.15) is 4.90 Å². The molecule has 1 aromatic rings. The Bertz CT molecular complexity index is 653. The first-order valence-corrected chi connectivity index (χ1v) is 9.27. The molecule has 5 nitrogen and oxygen atoms in total. The lowest BCUT2D eigenvalue weighted by molar-refractivity contribution is 0.578. The summed E-state index contributed by atoms with van der Waals surface area (Å²) in [6.45, 7) is 1.97. The molecule has 0 unspecified atom stereocenters. The van der Waals surface area contributed by atoms with Crippen molar-refractivity contribution in [1.29, 1.82) is 5.26 Å². The highest BCUT2D eigenvalue weighted by Gasteiger charge is 2.18. The predicted octanol–water partition coefficient (Wildman–Crippen LogP) is 1.65. The largest absolute Gasteiger partial charge is 0.260 e. The minimum atomic E-state index is -3.73. The molecule has 110 valence electrons. The molecule has 1 rings (SSSR count). The number of benzene rings is 1. The number of nitrogens with zero attached hydrogens (tertiary/aromatic N) is 1. The van der Waals surface area contributed by atoms with Gasteiger partial charge in [0.05, 0.1) is 16.7 Å². The van der Waals surface area contributed by atoms with E-state index in [9.17, 15) is 12.6 Å². The van der Waals surface area contributed by atoms with Crippen molar-refractivity contribution in [3.8, 4) is 6.07 Å². The van der Waals surface area contributed by atoms with Gasteiger partial charge in [-0.1, -0.05) is 18.5 Å². The van der Waals surface area contributed by atoms with Gasteiger partial charge in [0.2, 0.25) is 10.0 Å². The van der Waals surface area contributed by atoms with Crippen molar-refractivity contribution in [2.24, 2.45) is 0 Å². The fourth-order valence-corrected chi connectivity index (χ4v) is 3.47. The van der Waals surface area contributed by atoms with Crippen molar-refractivity contribution in [2.75, 3.05) is 12.8 Å². The van der Waals surface area contributed by atoms with Crippen LogP contribution in [0.4, 0.5) is 0 Å². The number of halogens is 1. The highest BCUT2D eigenvalue weighted by atomic mass is 35.5. The zero-order valence-electron chi connectivity index (χ0n) is 11.1. The van der Waals surface area contributed by atoms with Gasteiger partial charge >= 0.3 is 0 Å². The van der Waals surface area contributed by atoms with Gasteiger partial charge in [-0.3, -0.25) is 4.21 Å². The van der Waals surface area contributed by atoms with Crippen molar-refractivity contribution in [2.45, 2.75) is 23.5 Å². The average Bonchev–Trinajstić information content (AvgIpc) is 2.37. The van der Waals surface area contributed by atoms with Gasteiger partial charge in [-0.05, 0) is 24.6 Å². The zero-order valence-corrected chi connectivity index (χ0v) is 13.5. The van der Waals surface area contributed by atoms with E-state index in [0.29, 0.717) is 12.0 Å². The summed E-state index contributed by atoms with van der Waals surface area (Å²) in [5.74, 6) is 0. The molecule has 1 aromatic carbocycles. The highest BCUT2D eigenvalue weighted by molar-refractivity contribution is 7.89. The second-order valence-corrected chi connectivity index (χ2v) is 8.20. The van der Waals surface area contributed by atoms with E-state index in [-0.39, 0.29) is 21.7 Å². The molecule has 0 bridgehead atoms. The Kier molecular flexibility index (Phi) is 6.14. The lowest BCUT2D eigenvalue weighted by atomic mass is 10.2. The van der Waals surface area contributed by atoms with E-state index in [1.165, 1.54) is 18.2 Å². The van der Waals surface area contributed by atoms with Crippen LogP contribution in [0.3, 0.4) is 0 Å². The molecule has 2 atom stereocenters. The van der Waals surface area contributed by atoms with Crippen LogP contribution in [0.25, 0.3) is 0 Å². The van der Waals surface area contributed by atoms with E-state index < -0.39 is 20.8 Å². The molecule has 0 saturated heterocycles. The Morgan fingerprint density at radius 3 is 2.65 bits per heavy atom. The maximum absolute atomic E-state index is 12.0. The Labute approximate surface area is 126 Å². The molecule has 0 spiro atoms. The molecule has 0 radical (unpaired) electrons. The lowest BCUT2D eigenvalue weighted by Crippen LogP contribution is -2.27. The van der Waals surface area contributed by atoms with Crippen LogP contribution < -0.4 is 4.72 Å². The van der Waals surface area contributed by atoms with E-state index in [0.717, 1.165) is 0 Å².